The maximum absolute atomic E-state index is 10.8. The quantitative estimate of drug-likeness (QED) is 0.595. The lowest BCUT2D eigenvalue weighted by molar-refractivity contribution is -0.138. The van der Waals surface area contributed by atoms with Gasteiger partial charge in [-0.25, -0.2) is 4.57 Å². The molecule has 0 aliphatic carbocycles. The SMILES string of the molecule is CCC(CC)C(=O)OP=O. The Kier molecular flexibility index (Phi) is 5.13. The van der Waals surface area contributed by atoms with E-state index in [9.17, 15) is 9.36 Å². The molecule has 0 amide bonds. The highest BCUT2D eigenvalue weighted by atomic mass is 31.1. The molecule has 0 atom stereocenters. The van der Waals surface area contributed by atoms with Gasteiger partial charge >= 0.3 is 14.7 Å². The third-order valence-corrected chi connectivity index (χ3v) is 1.70. The van der Waals surface area contributed by atoms with Crippen LogP contribution in [-0.4, -0.2) is 5.97 Å². The summed E-state index contributed by atoms with van der Waals surface area (Å²) in [6.45, 7) is 3.80. The van der Waals surface area contributed by atoms with Gasteiger partial charge in [-0.1, -0.05) is 13.8 Å². The van der Waals surface area contributed by atoms with E-state index >= 15 is 0 Å². The zero-order valence-electron chi connectivity index (χ0n) is 6.16. The molecule has 0 fully saturated rings. The normalized spacial score (nSPS) is 10.3. The molecule has 0 aromatic rings. The van der Waals surface area contributed by atoms with Crippen LogP contribution in [0.5, 0.6) is 0 Å². The average Bonchev–Trinajstić information content (AvgIpc) is 1.91. The van der Waals surface area contributed by atoms with Crippen LogP contribution >= 0.6 is 8.69 Å². The van der Waals surface area contributed by atoms with Crippen molar-refractivity contribution >= 4 is 14.7 Å². The minimum absolute atomic E-state index is 0.0959. The molecule has 0 aliphatic heterocycles. The third-order valence-electron chi connectivity index (χ3n) is 1.45. The predicted octanol–water partition coefficient (Wildman–Crippen LogP) is 2.17. The van der Waals surface area contributed by atoms with Crippen LogP contribution in [0.1, 0.15) is 26.7 Å². The van der Waals surface area contributed by atoms with E-state index in [1.165, 1.54) is 0 Å². The van der Waals surface area contributed by atoms with E-state index in [2.05, 4.69) is 4.52 Å². The van der Waals surface area contributed by atoms with Crippen LogP contribution in [0.2, 0.25) is 0 Å². The van der Waals surface area contributed by atoms with Gasteiger partial charge in [0.05, 0.1) is 5.92 Å². The summed E-state index contributed by atoms with van der Waals surface area (Å²) in [5.41, 5.74) is 0. The summed E-state index contributed by atoms with van der Waals surface area (Å²) in [5, 5.41) is 0. The number of carbonyl (C=O) groups is 1. The molecular formula is C6H11O3P. The fourth-order valence-electron chi connectivity index (χ4n) is 0.733. The molecule has 58 valence electrons. The second-order valence-corrected chi connectivity index (χ2v) is 2.33. The summed E-state index contributed by atoms with van der Waals surface area (Å²) in [4.78, 5) is 10.8. The van der Waals surface area contributed by atoms with Gasteiger partial charge < -0.3 is 4.52 Å². The molecule has 10 heavy (non-hydrogen) atoms. The summed E-state index contributed by atoms with van der Waals surface area (Å²) in [6.07, 6.45) is 1.48. The molecule has 0 N–H and O–H groups in total. The van der Waals surface area contributed by atoms with E-state index in [1.807, 2.05) is 13.8 Å². The topological polar surface area (TPSA) is 43.4 Å². The highest BCUT2D eigenvalue weighted by Gasteiger charge is 2.15. The maximum Gasteiger partial charge on any atom is 0.398 e. The fraction of sp³-hybridized carbons (Fsp3) is 0.833. The fourth-order valence-corrected chi connectivity index (χ4v) is 0.956. The third kappa shape index (κ3) is 2.92. The Bertz CT molecular complexity index is 120. The first kappa shape index (κ1) is 9.57. The Morgan fingerprint density at radius 3 is 2.30 bits per heavy atom. The molecule has 0 unspecified atom stereocenters. The van der Waals surface area contributed by atoms with Crippen LogP contribution < -0.4 is 0 Å². The Morgan fingerprint density at radius 2 is 2.00 bits per heavy atom. The molecule has 0 heterocycles. The molecule has 0 aliphatic rings. The van der Waals surface area contributed by atoms with Crippen molar-refractivity contribution in [2.45, 2.75) is 26.7 Å². The zero-order chi connectivity index (χ0) is 7.98. The van der Waals surface area contributed by atoms with Crippen molar-refractivity contribution in [1.29, 1.82) is 0 Å². The molecule has 0 aromatic heterocycles. The zero-order valence-corrected chi connectivity index (χ0v) is 7.06. The van der Waals surface area contributed by atoms with Gasteiger partial charge in [-0.05, 0) is 12.8 Å². The summed E-state index contributed by atoms with van der Waals surface area (Å²) < 4.78 is 14.1. The summed E-state index contributed by atoms with van der Waals surface area (Å²) in [5.74, 6) is -0.469. The van der Waals surface area contributed by atoms with Gasteiger partial charge in [0.1, 0.15) is 0 Å². The van der Waals surface area contributed by atoms with E-state index in [-0.39, 0.29) is 11.9 Å². The van der Waals surface area contributed by atoms with Gasteiger partial charge in [-0.15, -0.1) is 0 Å². The van der Waals surface area contributed by atoms with E-state index in [1.54, 1.807) is 0 Å². The molecule has 0 rings (SSSR count). The van der Waals surface area contributed by atoms with Crippen LogP contribution in [0.4, 0.5) is 0 Å². The lowest BCUT2D eigenvalue weighted by Gasteiger charge is -2.05. The Morgan fingerprint density at radius 1 is 1.50 bits per heavy atom. The Hall–Kier alpha value is -0.430. The van der Waals surface area contributed by atoms with Gasteiger partial charge in [-0.3, -0.25) is 4.79 Å². The average molecular weight is 162 g/mol. The highest BCUT2D eigenvalue weighted by Crippen LogP contribution is 2.12. The smallest absolute Gasteiger partial charge is 0.373 e. The standard InChI is InChI=1S/C6H11O3P/c1-3-5(4-2)6(7)9-10-8/h5H,3-4H2,1-2H3. The van der Waals surface area contributed by atoms with Crippen molar-refractivity contribution in [1.82, 2.24) is 0 Å². The van der Waals surface area contributed by atoms with Gasteiger partial charge in [0, 0.05) is 0 Å². The number of rotatable bonds is 4. The minimum Gasteiger partial charge on any atom is -0.373 e. The molecule has 4 heteroatoms. The monoisotopic (exact) mass is 162 g/mol. The first-order valence-electron chi connectivity index (χ1n) is 3.29. The molecular weight excluding hydrogens is 151 g/mol. The van der Waals surface area contributed by atoms with Crippen LogP contribution in [0.25, 0.3) is 0 Å². The molecule has 3 nitrogen and oxygen atoms in total. The van der Waals surface area contributed by atoms with Crippen molar-refractivity contribution in [2.24, 2.45) is 5.92 Å². The van der Waals surface area contributed by atoms with Gasteiger partial charge in [0.25, 0.3) is 0 Å². The highest BCUT2D eigenvalue weighted by molar-refractivity contribution is 7.18. The van der Waals surface area contributed by atoms with Gasteiger partial charge in [-0.2, -0.15) is 0 Å². The second kappa shape index (κ2) is 5.36. The van der Waals surface area contributed by atoms with Crippen molar-refractivity contribution in [2.75, 3.05) is 0 Å². The number of hydrogen-bond acceptors (Lipinski definition) is 3. The molecule has 0 aromatic carbocycles. The van der Waals surface area contributed by atoms with E-state index in [0.29, 0.717) is 0 Å². The van der Waals surface area contributed by atoms with Crippen LogP contribution in [0, 0.1) is 5.92 Å². The van der Waals surface area contributed by atoms with Gasteiger partial charge in [0.2, 0.25) is 0 Å². The summed E-state index contributed by atoms with van der Waals surface area (Å²) in [6, 6.07) is 0. The number of carbonyl (C=O) groups excluding carboxylic acids is 1. The predicted molar refractivity (Wildman–Crippen MR) is 37.8 cm³/mol. The second-order valence-electron chi connectivity index (χ2n) is 2.00. The van der Waals surface area contributed by atoms with E-state index in [4.69, 9.17) is 0 Å². The maximum atomic E-state index is 10.8. The van der Waals surface area contributed by atoms with E-state index in [0.717, 1.165) is 12.8 Å². The van der Waals surface area contributed by atoms with Crippen molar-refractivity contribution in [3.63, 3.8) is 0 Å². The Balaban J connectivity index is 3.76. The summed E-state index contributed by atoms with van der Waals surface area (Å²) >= 11 is 0. The lowest BCUT2D eigenvalue weighted by atomic mass is 10.0. The molecule has 0 radical (unpaired) electrons. The number of hydrogen-bond donors (Lipinski definition) is 0. The van der Waals surface area contributed by atoms with Gasteiger partial charge in [0.15, 0.2) is 0 Å². The molecule has 0 saturated carbocycles. The molecule has 0 spiro atoms. The van der Waals surface area contributed by atoms with Crippen LogP contribution in [-0.2, 0) is 13.9 Å². The van der Waals surface area contributed by atoms with Crippen molar-refractivity contribution < 1.29 is 13.9 Å². The van der Waals surface area contributed by atoms with Crippen molar-refractivity contribution in [3.8, 4) is 0 Å². The first-order chi connectivity index (χ1) is 4.76. The minimum atomic E-state index is -0.547. The Labute approximate surface area is 62.0 Å². The largest absolute Gasteiger partial charge is 0.398 e. The summed E-state index contributed by atoms with van der Waals surface area (Å²) in [7, 11) is -0.547. The lowest BCUT2D eigenvalue weighted by Crippen LogP contribution is -2.11. The van der Waals surface area contributed by atoms with E-state index < -0.39 is 8.69 Å². The van der Waals surface area contributed by atoms with Crippen LogP contribution in [0.15, 0.2) is 0 Å². The molecule has 0 bridgehead atoms. The van der Waals surface area contributed by atoms with Crippen molar-refractivity contribution in [3.05, 3.63) is 0 Å². The first-order valence-corrected chi connectivity index (χ1v) is 4.02. The molecule has 0 saturated heterocycles. The van der Waals surface area contributed by atoms with Crippen LogP contribution in [0.3, 0.4) is 0 Å².